The number of rotatable bonds is 5. The fraction of sp³-hybridized carbons (Fsp3) is 0.370. The summed E-state index contributed by atoms with van der Waals surface area (Å²) in [6, 6.07) is 10.6. The number of hydrogen-bond acceptors (Lipinski definition) is 6. The highest BCUT2D eigenvalue weighted by atomic mass is 35.5. The third-order valence-electron chi connectivity index (χ3n) is 7.63. The molecule has 4 heterocycles. The molecule has 6 rings (SSSR count). The number of aryl methyl sites for hydroxylation is 2. The second kappa shape index (κ2) is 9.62. The van der Waals surface area contributed by atoms with E-state index in [4.69, 9.17) is 32.7 Å². The number of carbonyl (C=O) groups is 1. The molecule has 2 aliphatic rings. The van der Waals surface area contributed by atoms with Gasteiger partial charge in [-0.1, -0.05) is 34.4 Å². The van der Waals surface area contributed by atoms with E-state index in [1.165, 1.54) is 10.6 Å². The number of halogens is 2. The number of aromatic nitrogens is 3. The average molecular weight is 589 g/mol. The third-order valence-corrected chi connectivity index (χ3v) is 9.34. The van der Waals surface area contributed by atoms with Crippen LogP contribution in [0.2, 0.25) is 10.0 Å². The summed E-state index contributed by atoms with van der Waals surface area (Å²) >= 11 is 12.6. The average Bonchev–Trinajstić information content (AvgIpc) is 3.62. The standard InChI is InChI=1S/C27H27Cl2N5O4S/c1-15-26(16(2)38-31-15)17-4-5-23-22(10-17)30-27(34(23)20-8-9-32(14-20)39(3,36)37)24-6-7-25(35)33(24)21-12-18(28)11-19(29)13-21/h4-5,10-13,20,24H,6-9,14H2,1-3H3/t20-,24-/m1/s1. The summed E-state index contributed by atoms with van der Waals surface area (Å²) in [7, 11) is -3.34. The van der Waals surface area contributed by atoms with E-state index >= 15 is 0 Å². The molecule has 39 heavy (non-hydrogen) atoms. The number of nitrogens with zero attached hydrogens (tertiary/aromatic N) is 5. The molecule has 2 aliphatic heterocycles. The van der Waals surface area contributed by atoms with Crippen molar-refractivity contribution in [3.05, 3.63) is 63.7 Å². The summed E-state index contributed by atoms with van der Waals surface area (Å²) in [4.78, 5) is 20.0. The van der Waals surface area contributed by atoms with E-state index in [9.17, 15) is 13.2 Å². The minimum atomic E-state index is -3.34. The van der Waals surface area contributed by atoms with Crippen LogP contribution in [0.4, 0.5) is 5.69 Å². The van der Waals surface area contributed by atoms with Crippen LogP contribution in [0.3, 0.4) is 0 Å². The fourth-order valence-corrected chi connectivity index (χ4v) is 7.33. The lowest BCUT2D eigenvalue weighted by Crippen LogP contribution is -2.31. The molecule has 2 aromatic heterocycles. The SMILES string of the molecule is Cc1noc(C)c1-c1ccc2c(c1)nc([C@H]1CCC(=O)N1c1cc(Cl)cc(Cl)c1)n2[C@@H]1CCN(S(C)(=O)=O)C1. The number of imidazole rings is 1. The number of benzene rings is 2. The van der Waals surface area contributed by atoms with Gasteiger partial charge in [0.2, 0.25) is 15.9 Å². The number of carbonyl (C=O) groups excluding carboxylic acids is 1. The summed E-state index contributed by atoms with van der Waals surface area (Å²) in [5.74, 6) is 1.39. The quantitative estimate of drug-likeness (QED) is 0.297. The molecule has 2 atom stereocenters. The number of hydrogen-bond donors (Lipinski definition) is 0. The van der Waals surface area contributed by atoms with Gasteiger partial charge in [-0.3, -0.25) is 4.79 Å². The Labute approximate surface area is 236 Å². The highest BCUT2D eigenvalue weighted by Gasteiger charge is 2.40. The predicted octanol–water partition coefficient (Wildman–Crippen LogP) is 5.69. The minimum Gasteiger partial charge on any atom is -0.361 e. The van der Waals surface area contributed by atoms with Crippen molar-refractivity contribution in [3.8, 4) is 11.1 Å². The van der Waals surface area contributed by atoms with Gasteiger partial charge in [0.1, 0.15) is 11.6 Å². The normalized spacial score (nSPS) is 20.5. The summed E-state index contributed by atoms with van der Waals surface area (Å²) in [5.41, 5.74) is 4.88. The Kier molecular flexibility index (Phi) is 6.49. The Morgan fingerprint density at radius 3 is 2.44 bits per heavy atom. The van der Waals surface area contributed by atoms with E-state index in [0.717, 1.165) is 33.6 Å². The van der Waals surface area contributed by atoms with Crippen LogP contribution < -0.4 is 4.90 Å². The lowest BCUT2D eigenvalue weighted by molar-refractivity contribution is -0.117. The Hall–Kier alpha value is -2.92. The first kappa shape index (κ1) is 26.3. The van der Waals surface area contributed by atoms with Crippen molar-refractivity contribution in [2.45, 2.75) is 45.2 Å². The number of anilines is 1. The second-order valence-electron chi connectivity index (χ2n) is 10.3. The summed E-state index contributed by atoms with van der Waals surface area (Å²) < 4.78 is 33.7. The molecule has 12 heteroatoms. The second-order valence-corrected chi connectivity index (χ2v) is 13.1. The molecule has 0 radical (unpaired) electrons. The van der Waals surface area contributed by atoms with Gasteiger partial charge in [0.15, 0.2) is 0 Å². The molecular weight excluding hydrogens is 561 g/mol. The maximum absolute atomic E-state index is 13.2. The maximum Gasteiger partial charge on any atom is 0.227 e. The molecule has 2 saturated heterocycles. The van der Waals surface area contributed by atoms with E-state index in [2.05, 4.69) is 9.72 Å². The topological polar surface area (TPSA) is 102 Å². The van der Waals surface area contributed by atoms with Crippen molar-refractivity contribution < 1.29 is 17.7 Å². The first-order chi connectivity index (χ1) is 18.5. The van der Waals surface area contributed by atoms with Gasteiger partial charge < -0.3 is 14.0 Å². The summed E-state index contributed by atoms with van der Waals surface area (Å²) in [6.07, 6.45) is 2.78. The van der Waals surface area contributed by atoms with Crippen LogP contribution >= 0.6 is 23.2 Å². The van der Waals surface area contributed by atoms with Crippen molar-refractivity contribution in [2.24, 2.45) is 0 Å². The fourth-order valence-electron chi connectivity index (χ4n) is 5.94. The predicted molar refractivity (Wildman–Crippen MR) is 151 cm³/mol. The van der Waals surface area contributed by atoms with Crippen LogP contribution in [-0.2, 0) is 14.8 Å². The first-order valence-corrected chi connectivity index (χ1v) is 15.3. The van der Waals surface area contributed by atoms with Crippen LogP contribution in [0.5, 0.6) is 0 Å². The minimum absolute atomic E-state index is 0.0439. The van der Waals surface area contributed by atoms with E-state index in [1.807, 2.05) is 32.0 Å². The Morgan fingerprint density at radius 1 is 1.05 bits per heavy atom. The smallest absolute Gasteiger partial charge is 0.227 e. The zero-order valence-corrected chi connectivity index (χ0v) is 24.0. The first-order valence-electron chi connectivity index (χ1n) is 12.7. The monoisotopic (exact) mass is 587 g/mol. The van der Waals surface area contributed by atoms with E-state index in [-0.39, 0.29) is 18.0 Å². The van der Waals surface area contributed by atoms with Gasteiger partial charge in [-0.05, 0) is 62.6 Å². The van der Waals surface area contributed by atoms with Gasteiger partial charge >= 0.3 is 0 Å². The highest BCUT2D eigenvalue weighted by Crippen LogP contribution is 2.42. The van der Waals surface area contributed by atoms with Crippen molar-refractivity contribution in [2.75, 3.05) is 24.2 Å². The molecular formula is C27H27Cl2N5O4S. The van der Waals surface area contributed by atoms with Gasteiger partial charge in [-0.25, -0.2) is 17.7 Å². The van der Waals surface area contributed by atoms with E-state index < -0.39 is 10.0 Å². The van der Waals surface area contributed by atoms with Crippen molar-refractivity contribution in [1.29, 1.82) is 0 Å². The van der Waals surface area contributed by atoms with Gasteiger partial charge in [0.25, 0.3) is 0 Å². The number of fused-ring (bicyclic) bond motifs is 1. The van der Waals surface area contributed by atoms with Crippen molar-refractivity contribution >= 4 is 55.9 Å². The Bertz CT molecular complexity index is 1690. The van der Waals surface area contributed by atoms with Gasteiger partial charge in [0, 0.05) is 40.8 Å². The lowest BCUT2D eigenvalue weighted by Gasteiger charge is -2.27. The molecule has 0 spiro atoms. The Morgan fingerprint density at radius 2 is 1.79 bits per heavy atom. The molecule has 0 aliphatic carbocycles. The lowest BCUT2D eigenvalue weighted by atomic mass is 10.0. The molecule has 0 saturated carbocycles. The van der Waals surface area contributed by atoms with Gasteiger partial charge in [-0.2, -0.15) is 0 Å². The van der Waals surface area contributed by atoms with Crippen molar-refractivity contribution in [1.82, 2.24) is 19.0 Å². The zero-order chi connectivity index (χ0) is 27.6. The van der Waals surface area contributed by atoms with Crippen LogP contribution in [0, 0.1) is 13.8 Å². The maximum atomic E-state index is 13.2. The molecule has 2 aromatic carbocycles. The molecule has 2 fully saturated rings. The van der Waals surface area contributed by atoms with Crippen LogP contribution in [0.1, 0.15) is 48.6 Å². The van der Waals surface area contributed by atoms with E-state index in [0.29, 0.717) is 53.9 Å². The molecule has 9 nitrogen and oxygen atoms in total. The number of amides is 1. The Balaban J connectivity index is 1.52. The molecule has 204 valence electrons. The molecule has 1 amide bonds. The van der Waals surface area contributed by atoms with Crippen molar-refractivity contribution in [3.63, 3.8) is 0 Å². The molecule has 4 aromatic rings. The largest absolute Gasteiger partial charge is 0.361 e. The molecule has 0 N–H and O–H groups in total. The molecule has 0 bridgehead atoms. The van der Waals surface area contributed by atoms with E-state index in [1.54, 1.807) is 23.1 Å². The summed E-state index contributed by atoms with van der Waals surface area (Å²) in [5, 5.41) is 4.97. The number of sulfonamides is 1. The third kappa shape index (κ3) is 4.63. The van der Waals surface area contributed by atoms with Gasteiger partial charge in [0.05, 0.1) is 35.1 Å². The highest BCUT2D eigenvalue weighted by molar-refractivity contribution is 7.88. The van der Waals surface area contributed by atoms with Crippen LogP contribution in [0.15, 0.2) is 40.9 Å². The summed E-state index contributed by atoms with van der Waals surface area (Å²) in [6.45, 7) is 4.54. The zero-order valence-electron chi connectivity index (χ0n) is 21.7. The van der Waals surface area contributed by atoms with Gasteiger partial charge in [-0.15, -0.1) is 0 Å². The van der Waals surface area contributed by atoms with Crippen LogP contribution in [-0.4, -0.2) is 52.7 Å². The van der Waals surface area contributed by atoms with Crippen LogP contribution in [0.25, 0.3) is 22.2 Å². The molecule has 0 unspecified atom stereocenters.